The Morgan fingerprint density at radius 2 is 1.84 bits per heavy atom. The third-order valence-corrected chi connectivity index (χ3v) is 3.39. The fourth-order valence-electron chi connectivity index (χ4n) is 1.80. The van der Waals surface area contributed by atoms with Gasteiger partial charge in [0.2, 0.25) is 0 Å². The van der Waals surface area contributed by atoms with Crippen LogP contribution in [0.2, 0.25) is 10.0 Å². The number of methoxy groups -OCH3 is 1. The molecule has 98 valence electrons. The van der Waals surface area contributed by atoms with E-state index in [1.165, 1.54) is 7.11 Å². The highest BCUT2D eigenvalue weighted by atomic mass is 35.5. The average molecular weight is 295 g/mol. The highest BCUT2D eigenvalue weighted by Gasteiger charge is 2.14. The van der Waals surface area contributed by atoms with E-state index in [-0.39, 0.29) is 5.78 Å². The fraction of sp³-hybridized carbons (Fsp3) is 0.133. The maximum absolute atomic E-state index is 12.4. The second-order valence-corrected chi connectivity index (χ2v) is 4.98. The number of aryl methyl sites for hydroxylation is 1. The van der Waals surface area contributed by atoms with Gasteiger partial charge in [-0.15, -0.1) is 0 Å². The molecule has 0 amide bonds. The van der Waals surface area contributed by atoms with Crippen molar-refractivity contribution in [3.8, 4) is 5.75 Å². The summed E-state index contributed by atoms with van der Waals surface area (Å²) in [4.78, 5) is 12.4. The standard InChI is InChI=1S/C15H12Cl2O2/c1-9-3-5-11(16)8-12(9)15(18)10-4-6-14(19-2)13(17)7-10/h3-8H,1-2H3. The summed E-state index contributed by atoms with van der Waals surface area (Å²) in [7, 11) is 1.53. The van der Waals surface area contributed by atoms with Crippen LogP contribution in [0, 0.1) is 6.92 Å². The molecule has 0 spiro atoms. The van der Waals surface area contributed by atoms with Crippen LogP contribution >= 0.6 is 23.2 Å². The fourth-order valence-corrected chi connectivity index (χ4v) is 2.23. The summed E-state index contributed by atoms with van der Waals surface area (Å²) < 4.78 is 5.06. The summed E-state index contributed by atoms with van der Waals surface area (Å²) in [6.45, 7) is 1.87. The quantitative estimate of drug-likeness (QED) is 0.777. The zero-order valence-electron chi connectivity index (χ0n) is 10.5. The SMILES string of the molecule is COc1ccc(C(=O)c2cc(Cl)ccc2C)cc1Cl. The number of ketones is 1. The van der Waals surface area contributed by atoms with Gasteiger partial charge in [0.05, 0.1) is 12.1 Å². The van der Waals surface area contributed by atoms with Crippen molar-refractivity contribution in [2.75, 3.05) is 7.11 Å². The van der Waals surface area contributed by atoms with Gasteiger partial charge in [0, 0.05) is 16.1 Å². The van der Waals surface area contributed by atoms with Gasteiger partial charge in [-0.25, -0.2) is 0 Å². The van der Waals surface area contributed by atoms with Crippen molar-refractivity contribution in [1.29, 1.82) is 0 Å². The minimum absolute atomic E-state index is 0.107. The summed E-state index contributed by atoms with van der Waals surface area (Å²) in [5.41, 5.74) is 1.96. The van der Waals surface area contributed by atoms with Crippen LogP contribution in [-0.4, -0.2) is 12.9 Å². The molecule has 0 radical (unpaired) electrons. The van der Waals surface area contributed by atoms with E-state index in [0.717, 1.165) is 5.56 Å². The van der Waals surface area contributed by atoms with E-state index >= 15 is 0 Å². The van der Waals surface area contributed by atoms with Crippen LogP contribution in [0.5, 0.6) is 5.75 Å². The van der Waals surface area contributed by atoms with Gasteiger partial charge in [-0.05, 0) is 42.8 Å². The highest BCUT2D eigenvalue weighted by Crippen LogP contribution is 2.27. The van der Waals surface area contributed by atoms with Crippen molar-refractivity contribution in [3.05, 3.63) is 63.1 Å². The molecule has 0 fully saturated rings. The zero-order chi connectivity index (χ0) is 14.0. The van der Waals surface area contributed by atoms with Crippen LogP contribution in [0.1, 0.15) is 21.5 Å². The lowest BCUT2D eigenvalue weighted by molar-refractivity contribution is 0.103. The first-order valence-corrected chi connectivity index (χ1v) is 6.43. The predicted molar refractivity (Wildman–Crippen MR) is 77.6 cm³/mol. The molecule has 0 aliphatic rings. The molecule has 0 unspecified atom stereocenters. The van der Waals surface area contributed by atoms with E-state index in [9.17, 15) is 4.79 Å². The Labute approximate surface area is 121 Å². The van der Waals surface area contributed by atoms with E-state index in [0.29, 0.717) is 26.9 Å². The number of carbonyl (C=O) groups excluding carboxylic acids is 1. The number of hydrogen-bond acceptors (Lipinski definition) is 2. The Bertz CT molecular complexity index is 636. The summed E-state index contributed by atoms with van der Waals surface area (Å²) in [6, 6.07) is 10.2. The van der Waals surface area contributed by atoms with Crippen molar-refractivity contribution in [3.63, 3.8) is 0 Å². The Morgan fingerprint density at radius 1 is 1.11 bits per heavy atom. The molecule has 0 atom stereocenters. The minimum atomic E-state index is -0.107. The molecule has 19 heavy (non-hydrogen) atoms. The summed E-state index contributed by atoms with van der Waals surface area (Å²) >= 11 is 12.0. The normalized spacial score (nSPS) is 10.3. The average Bonchev–Trinajstić information content (AvgIpc) is 2.40. The van der Waals surface area contributed by atoms with Crippen LogP contribution in [-0.2, 0) is 0 Å². The number of carbonyl (C=O) groups is 1. The second-order valence-electron chi connectivity index (χ2n) is 4.14. The minimum Gasteiger partial charge on any atom is -0.495 e. The monoisotopic (exact) mass is 294 g/mol. The van der Waals surface area contributed by atoms with E-state index in [4.69, 9.17) is 27.9 Å². The van der Waals surface area contributed by atoms with Crippen molar-refractivity contribution in [2.45, 2.75) is 6.92 Å². The molecule has 0 heterocycles. The lowest BCUT2D eigenvalue weighted by Gasteiger charge is -2.08. The van der Waals surface area contributed by atoms with E-state index < -0.39 is 0 Å². The van der Waals surface area contributed by atoms with Crippen LogP contribution < -0.4 is 4.74 Å². The Balaban J connectivity index is 2.44. The van der Waals surface area contributed by atoms with Gasteiger partial charge in [-0.2, -0.15) is 0 Å². The Morgan fingerprint density at radius 3 is 2.47 bits per heavy atom. The predicted octanol–water partition coefficient (Wildman–Crippen LogP) is 4.54. The summed E-state index contributed by atoms with van der Waals surface area (Å²) in [5, 5.41) is 0.946. The van der Waals surface area contributed by atoms with Gasteiger partial charge >= 0.3 is 0 Å². The van der Waals surface area contributed by atoms with Crippen LogP contribution in [0.15, 0.2) is 36.4 Å². The molecule has 2 aromatic rings. The topological polar surface area (TPSA) is 26.3 Å². The van der Waals surface area contributed by atoms with Crippen molar-refractivity contribution in [2.24, 2.45) is 0 Å². The number of hydrogen-bond donors (Lipinski definition) is 0. The van der Waals surface area contributed by atoms with Crippen molar-refractivity contribution < 1.29 is 9.53 Å². The van der Waals surface area contributed by atoms with Gasteiger partial charge in [0.1, 0.15) is 5.75 Å². The molecule has 0 saturated heterocycles. The van der Waals surface area contributed by atoms with Crippen molar-refractivity contribution >= 4 is 29.0 Å². The third-order valence-electron chi connectivity index (χ3n) is 2.86. The molecular weight excluding hydrogens is 283 g/mol. The zero-order valence-corrected chi connectivity index (χ0v) is 12.0. The second kappa shape index (κ2) is 5.64. The maximum atomic E-state index is 12.4. The van der Waals surface area contributed by atoms with Crippen molar-refractivity contribution in [1.82, 2.24) is 0 Å². The number of benzene rings is 2. The first kappa shape index (κ1) is 13.9. The Hall–Kier alpha value is -1.51. The molecule has 0 aliphatic carbocycles. The van der Waals surface area contributed by atoms with Crippen LogP contribution in [0.25, 0.3) is 0 Å². The molecule has 0 aromatic heterocycles. The van der Waals surface area contributed by atoms with E-state index in [1.807, 2.05) is 13.0 Å². The summed E-state index contributed by atoms with van der Waals surface area (Å²) in [6.07, 6.45) is 0. The van der Waals surface area contributed by atoms with Crippen LogP contribution in [0.4, 0.5) is 0 Å². The Kier molecular flexibility index (Phi) is 4.13. The molecule has 2 rings (SSSR count). The molecule has 0 saturated carbocycles. The lowest BCUT2D eigenvalue weighted by Crippen LogP contribution is -2.04. The third kappa shape index (κ3) is 2.91. The maximum Gasteiger partial charge on any atom is 0.193 e. The first-order valence-electron chi connectivity index (χ1n) is 5.67. The van der Waals surface area contributed by atoms with Gasteiger partial charge in [0.15, 0.2) is 5.78 Å². The largest absolute Gasteiger partial charge is 0.495 e. The molecule has 4 heteroatoms. The number of rotatable bonds is 3. The van der Waals surface area contributed by atoms with E-state index in [2.05, 4.69) is 0 Å². The van der Waals surface area contributed by atoms with Gasteiger partial charge in [-0.1, -0.05) is 29.3 Å². The molecule has 2 aromatic carbocycles. The van der Waals surface area contributed by atoms with E-state index in [1.54, 1.807) is 30.3 Å². The molecule has 0 N–H and O–H groups in total. The van der Waals surface area contributed by atoms with Gasteiger partial charge in [-0.3, -0.25) is 4.79 Å². The summed E-state index contributed by atoms with van der Waals surface area (Å²) in [5.74, 6) is 0.436. The van der Waals surface area contributed by atoms with Gasteiger partial charge in [0.25, 0.3) is 0 Å². The van der Waals surface area contributed by atoms with Crippen LogP contribution in [0.3, 0.4) is 0 Å². The molecule has 0 aliphatic heterocycles. The lowest BCUT2D eigenvalue weighted by atomic mass is 9.99. The molecular formula is C15H12Cl2O2. The molecule has 2 nitrogen and oxygen atoms in total. The van der Waals surface area contributed by atoms with Gasteiger partial charge < -0.3 is 4.74 Å². The smallest absolute Gasteiger partial charge is 0.193 e. The first-order chi connectivity index (χ1) is 9.02. The number of halogens is 2. The number of ether oxygens (including phenoxy) is 1. The molecule has 0 bridgehead atoms. The highest BCUT2D eigenvalue weighted by molar-refractivity contribution is 6.33.